The molecule has 2 amide bonds. The zero-order valence-corrected chi connectivity index (χ0v) is 12.8. The third-order valence-electron chi connectivity index (χ3n) is 3.79. The van der Waals surface area contributed by atoms with Crippen molar-refractivity contribution < 1.29 is 18.9 Å². The van der Waals surface area contributed by atoms with E-state index >= 15 is 0 Å². The number of non-ortho nitro benzene ring substituents is 1. The molecular formula is C15H18FN3O4. The number of nitro groups is 1. The van der Waals surface area contributed by atoms with E-state index < -0.39 is 22.6 Å². The van der Waals surface area contributed by atoms with Crippen molar-refractivity contribution in [2.45, 2.75) is 26.2 Å². The number of nitro benzene ring substituents is 1. The number of hydrogen-bond donors (Lipinski definition) is 1. The van der Waals surface area contributed by atoms with Crippen LogP contribution in [0.25, 0.3) is 0 Å². The molecule has 7 nitrogen and oxygen atoms in total. The molecule has 1 fully saturated rings. The number of benzene rings is 1. The summed E-state index contributed by atoms with van der Waals surface area (Å²) in [6.07, 6.45) is 1.88. The van der Waals surface area contributed by atoms with Crippen molar-refractivity contribution >= 4 is 23.2 Å². The first-order valence-electron chi connectivity index (χ1n) is 7.45. The third kappa shape index (κ3) is 4.02. The Bertz CT molecular complexity index is 635. The Labute approximate surface area is 132 Å². The van der Waals surface area contributed by atoms with Crippen molar-refractivity contribution in [3.63, 3.8) is 0 Å². The SMILES string of the molecule is CCCCN1CC(C(=O)Nc2cc([N+](=O)[O-])ccc2F)CC1=O. The molecule has 1 unspecified atom stereocenters. The van der Waals surface area contributed by atoms with Crippen LogP contribution < -0.4 is 5.32 Å². The summed E-state index contributed by atoms with van der Waals surface area (Å²) in [6.45, 7) is 2.90. The number of nitrogens with zero attached hydrogens (tertiary/aromatic N) is 2. The predicted octanol–water partition coefficient (Wildman–Crippen LogP) is 2.32. The highest BCUT2D eigenvalue weighted by Crippen LogP contribution is 2.24. The lowest BCUT2D eigenvalue weighted by molar-refractivity contribution is -0.384. The molecule has 0 radical (unpaired) electrons. The first-order chi connectivity index (χ1) is 10.9. The van der Waals surface area contributed by atoms with Crippen molar-refractivity contribution in [1.29, 1.82) is 0 Å². The normalized spacial score (nSPS) is 17.4. The number of likely N-dealkylation sites (tertiary alicyclic amines) is 1. The van der Waals surface area contributed by atoms with Crippen molar-refractivity contribution in [3.8, 4) is 0 Å². The molecule has 1 aromatic carbocycles. The first kappa shape index (κ1) is 16.9. The van der Waals surface area contributed by atoms with Crippen LogP contribution in [0.3, 0.4) is 0 Å². The molecule has 1 N–H and O–H groups in total. The van der Waals surface area contributed by atoms with Gasteiger partial charge >= 0.3 is 0 Å². The quantitative estimate of drug-likeness (QED) is 0.642. The average Bonchev–Trinajstić information content (AvgIpc) is 2.88. The van der Waals surface area contributed by atoms with Gasteiger partial charge in [-0.2, -0.15) is 0 Å². The Morgan fingerprint density at radius 3 is 2.91 bits per heavy atom. The number of rotatable bonds is 6. The number of unbranched alkanes of at least 4 members (excludes halogenated alkanes) is 1. The van der Waals surface area contributed by atoms with E-state index in [9.17, 15) is 24.1 Å². The Morgan fingerprint density at radius 2 is 2.26 bits per heavy atom. The molecule has 0 saturated carbocycles. The van der Waals surface area contributed by atoms with Gasteiger partial charge in [0.1, 0.15) is 5.82 Å². The van der Waals surface area contributed by atoms with Crippen LogP contribution in [0.2, 0.25) is 0 Å². The summed E-state index contributed by atoms with van der Waals surface area (Å²) in [5.41, 5.74) is -0.558. The van der Waals surface area contributed by atoms with Gasteiger partial charge < -0.3 is 10.2 Å². The third-order valence-corrected chi connectivity index (χ3v) is 3.79. The number of anilines is 1. The summed E-state index contributed by atoms with van der Waals surface area (Å²) in [5, 5.41) is 13.1. The molecular weight excluding hydrogens is 305 g/mol. The molecule has 0 bridgehead atoms. The fourth-order valence-corrected chi connectivity index (χ4v) is 2.47. The largest absolute Gasteiger partial charge is 0.342 e. The van der Waals surface area contributed by atoms with Gasteiger partial charge in [0.05, 0.1) is 16.5 Å². The molecule has 2 rings (SSSR count). The molecule has 0 spiro atoms. The van der Waals surface area contributed by atoms with Crippen LogP contribution in [0.15, 0.2) is 18.2 Å². The maximum absolute atomic E-state index is 13.7. The van der Waals surface area contributed by atoms with Gasteiger partial charge in [-0.3, -0.25) is 19.7 Å². The minimum atomic E-state index is -0.754. The van der Waals surface area contributed by atoms with Crippen molar-refractivity contribution in [1.82, 2.24) is 4.90 Å². The number of halogens is 1. The van der Waals surface area contributed by atoms with E-state index in [4.69, 9.17) is 0 Å². The van der Waals surface area contributed by atoms with Gasteiger partial charge in [-0.15, -0.1) is 0 Å². The van der Waals surface area contributed by atoms with E-state index in [1.807, 2.05) is 6.92 Å². The lowest BCUT2D eigenvalue weighted by atomic mass is 10.1. The average molecular weight is 323 g/mol. The number of carbonyl (C=O) groups is 2. The number of amides is 2. The second-order valence-electron chi connectivity index (χ2n) is 5.50. The molecule has 1 aromatic rings. The van der Waals surface area contributed by atoms with Crippen LogP contribution in [0, 0.1) is 21.8 Å². The van der Waals surface area contributed by atoms with Gasteiger partial charge in [0.25, 0.3) is 5.69 Å². The van der Waals surface area contributed by atoms with Crippen LogP contribution in [0.4, 0.5) is 15.8 Å². The van der Waals surface area contributed by atoms with E-state index in [0.29, 0.717) is 13.1 Å². The summed E-state index contributed by atoms with van der Waals surface area (Å²) in [5.74, 6) is -1.93. The standard InChI is InChI=1S/C15H18FN3O4/c1-2-3-6-18-9-10(7-14(18)20)15(21)17-13-8-11(19(22)23)4-5-12(13)16/h4-5,8,10H,2-3,6-7,9H2,1H3,(H,17,21). The second-order valence-corrected chi connectivity index (χ2v) is 5.50. The van der Waals surface area contributed by atoms with Crippen molar-refractivity contribution in [3.05, 3.63) is 34.1 Å². The molecule has 1 heterocycles. The summed E-state index contributed by atoms with van der Waals surface area (Å²) in [4.78, 5) is 35.7. The van der Waals surface area contributed by atoms with Gasteiger partial charge in [0.2, 0.25) is 11.8 Å². The molecule has 1 atom stereocenters. The second kappa shape index (κ2) is 7.17. The van der Waals surface area contributed by atoms with Gasteiger partial charge in [0, 0.05) is 31.6 Å². The highest BCUT2D eigenvalue weighted by molar-refractivity contribution is 5.97. The highest BCUT2D eigenvalue weighted by atomic mass is 19.1. The molecule has 124 valence electrons. The van der Waals surface area contributed by atoms with Crippen LogP contribution in [-0.2, 0) is 9.59 Å². The zero-order valence-electron chi connectivity index (χ0n) is 12.8. The van der Waals surface area contributed by atoms with Gasteiger partial charge in [-0.1, -0.05) is 13.3 Å². The monoisotopic (exact) mass is 323 g/mol. The molecule has 0 aliphatic carbocycles. The molecule has 8 heteroatoms. The Morgan fingerprint density at radius 1 is 1.52 bits per heavy atom. The summed E-state index contributed by atoms with van der Waals surface area (Å²) < 4.78 is 13.7. The van der Waals surface area contributed by atoms with E-state index in [2.05, 4.69) is 5.32 Å². The maximum atomic E-state index is 13.7. The number of nitrogens with one attached hydrogen (secondary N) is 1. The molecule has 1 saturated heterocycles. The topological polar surface area (TPSA) is 92.6 Å². The number of hydrogen-bond acceptors (Lipinski definition) is 4. The highest BCUT2D eigenvalue weighted by Gasteiger charge is 2.34. The van der Waals surface area contributed by atoms with Gasteiger partial charge in [-0.25, -0.2) is 4.39 Å². The van der Waals surface area contributed by atoms with E-state index in [-0.39, 0.29) is 23.7 Å². The predicted molar refractivity (Wildman–Crippen MR) is 81.3 cm³/mol. The van der Waals surface area contributed by atoms with Crippen molar-refractivity contribution in [2.75, 3.05) is 18.4 Å². The van der Waals surface area contributed by atoms with Crippen LogP contribution in [-0.4, -0.2) is 34.7 Å². The van der Waals surface area contributed by atoms with Crippen molar-refractivity contribution in [2.24, 2.45) is 5.92 Å². The van der Waals surface area contributed by atoms with Crippen LogP contribution >= 0.6 is 0 Å². The smallest absolute Gasteiger partial charge is 0.271 e. The summed E-state index contributed by atoms with van der Waals surface area (Å²) in [7, 11) is 0. The Balaban J connectivity index is 2.04. The van der Waals surface area contributed by atoms with E-state index in [0.717, 1.165) is 31.0 Å². The minimum absolute atomic E-state index is 0.0755. The molecule has 1 aliphatic rings. The van der Waals surface area contributed by atoms with Gasteiger partial charge in [0.15, 0.2) is 0 Å². The first-order valence-corrected chi connectivity index (χ1v) is 7.45. The molecule has 1 aliphatic heterocycles. The van der Waals surface area contributed by atoms with Gasteiger partial charge in [-0.05, 0) is 12.5 Å². The Hall–Kier alpha value is -2.51. The summed E-state index contributed by atoms with van der Waals surface area (Å²) in [6, 6.07) is 2.93. The van der Waals surface area contributed by atoms with Crippen LogP contribution in [0.1, 0.15) is 26.2 Å². The minimum Gasteiger partial charge on any atom is -0.342 e. The lowest BCUT2D eigenvalue weighted by Gasteiger charge is -2.16. The fourth-order valence-electron chi connectivity index (χ4n) is 2.47. The summed E-state index contributed by atoms with van der Waals surface area (Å²) >= 11 is 0. The van der Waals surface area contributed by atoms with E-state index in [1.165, 1.54) is 0 Å². The van der Waals surface area contributed by atoms with E-state index in [1.54, 1.807) is 4.90 Å². The molecule has 0 aromatic heterocycles. The maximum Gasteiger partial charge on any atom is 0.271 e. The number of carbonyl (C=O) groups excluding carboxylic acids is 2. The zero-order chi connectivity index (χ0) is 17.0. The fraction of sp³-hybridized carbons (Fsp3) is 0.467. The lowest BCUT2D eigenvalue weighted by Crippen LogP contribution is -2.29. The Kier molecular flexibility index (Phi) is 5.25. The van der Waals surface area contributed by atoms with Crippen LogP contribution in [0.5, 0.6) is 0 Å². The molecule has 23 heavy (non-hydrogen) atoms.